The Kier molecular flexibility index (Phi) is 6.42. The number of hydrogen-bond acceptors (Lipinski definition) is 4. The van der Waals surface area contributed by atoms with Crippen molar-refractivity contribution < 1.29 is 0 Å². The molecular weight excluding hydrogens is 431 g/mol. The summed E-state index contributed by atoms with van der Waals surface area (Å²) in [7, 11) is 0. The number of fused-ring (bicyclic) bond motifs is 6. The van der Waals surface area contributed by atoms with Crippen molar-refractivity contribution in [3.63, 3.8) is 0 Å². The molecule has 1 aromatic carbocycles. The molecule has 2 atom stereocenters. The summed E-state index contributed by atoms with van der Waals surface area (Å²) in [5.41, 5.74) is 5.56. The van der Waals surface area contributed by atoms with Gasteiger partial charge in [-0.3, -0.25) is 9.69 Å². The predicted octanol–water partition coefficient (Wildman–Crippen LogP) is 3.36. The lowest BCUT2D eigenvalue weighted by Crippen LogP contribution is -2.46. The number of likely N-dealkylation sites (tertiary alicyclic amines) is 1. The maximum absolute atomic E-state index is 13.2. The molecule has 2 aromatic rings. The maximum Gasteiger partial charge on any atom is 0.255 e. The second-order valence-corrected chi connectivity index (χ2v) is 9.61. The van der Waals surface area contributed by atoms with E-state index in [1.54, 1.807) is 0 Å². The van der Waals surface area contributed by atoms with Crippen LogP contribution < -0.4 is 16.2 Å². The molecular formula is C24H32Cl2N4O. The van der Waals surface area contributed by atoms with Gasteiger partial charge in [0, 0.05) is 54.5 Å². The molecule has 4 aliphatic heterocycles. The third-order valence-corrected chi connectivity index (χ3v) is 7.91. The van der Waals surface area contributed by atoms with Crippen molar-refractivity contribution in [2.24, 2.45) is 5.92 Å². The number of halogens is 2. The standard InChI is InChI=1S/C24H30N4O.2ClH/c29-23-18(5-6-22-19-11-17(12-25-13-19)14-28(22)23)15-27-9-7-24(8-10-27)16-26-21-4-2-1-3-20(21)24;;/h1-6,17,19,25-26H,7-16H2;2*1H/t17-,19+;;/m0../s1. The van der Waals surface area contributed by atoms with Gasteiger partial charge in [-0.05, 0) is 62.5 Å². The quantitative estimate of drug-likeness (QED) is 0.718. The minimum Gasteiger partial charge on any atom is -0.384 e. The summed E-state index contributed by atoms with van der Waals surface area (Å²) < 4.78 is 2.09. The average Bonchev–Trinajstić information content (AvgIpc) is 3.11. The fourth-order valence-electron chi connectivity index (χ4n) is 6.24. The molecule has 0 amide bonds. The zero-order valence-corrected chi connectivity index (χ0v) is 19.4. The highest BCUT2D eigenvalue weighted by Gasteiger charge is 2.41. The molecule has 0 saturated carbocycles. The molecule has 6 rings (SSSR count). The Morgan fingerprint density at radius 2 is 1.84 bits per heavy atom. The van der Waals surface area contributed by atoms with Gasteiger partial charge in [0.2, 0.25) is 0 Å². The second kappa shape index (κ2) is 8.78. The molecule has 5 heterocycles. The van der Waals surface area contributed by atoms with Gasteiger partial charge in [0.05, 0.1) is 0 Å². The SMILES string of the molecule is Cl.Cl.O=c1c(CN2CCC3(CC2)CNc2ccccc23)ccc2n1C[C@@H]1CNC[C@H]2C1. The van der Waals surface area contributed by atoms with Crippen molar-refractivity contribution in [1.82, 2.24) is 14.8 Å². The van der Waals surface area contributed by atoms with Crippen molar-refractivity contribution in [3.8, 4) is 0 Å². The van der Waals surface area contributed by atoms with Gasteiger partial charge in [-0.25, -0.2) is 0 Å². The summed E-state index contributed by atoms with van der Waals surface area (Å²) in [6, 6.07) is 13.1. The number of nitrogens with zero attached hydrogens (tertiary/aromatic N) is 2. The molecule has 4 aliphatic rings. The van der Waals surface area contributed by atoms with Gasteiger partial charge in [-0.15, -0.1) is 24.8 Å². The Morgan fingerprint density at radius 3 is 2.68 bits per heavy atom. The van der Waals surface area contributed by atoms with Crippen molar-refractivity contribution in [3.05, 3.63) is 63.6 Å². The van der Waals surface area contributed by atoms with Gasteiger partial charge in [0.15, 0.2) is 0 Å². The number of piperidine rings is 2. The van der Waals surface area contributed by atoms with Crippen molar-refractivity contribution >= 4 is 30.5 Å². The summed E-state index contributed by atoms with van der Waals surface area (Å²) in [4.78, 5) is 15.7. The highest BCUT2D eigenvalue weighted by atomic mass is 35.5. The molecule has 7 heteroatoms. The highest BCUT2D eigenvalue weighted by molar-refractivity contribution is 5.85. The number of benzene rings is 1. The number of pyridine rings is 1. The Bertz CT molecular complexity index is 999. The maximum atomic E-state index is 13.2. The number of nitrogens with one attached hydrogen (secondary N) is 2. The van der Waals surface area contributed by atoms with Crippen molar-refractivity contribution in [1.29, 1.82) is 0 Å². The normalized spacial score (nSPS) is 25.5. The van der Waals surface area contributed by atoms with Gasteiger partial charge in [0.1, 0.15) is 0 Å². The molecule has 168 valence electrons. The molecule has 5 nitrogen and oxygen atoms in total. The summed E-state index contributed by atoms with van der Waals surface area (Å²) in [6.45, 7) is 6.92. The van der Waals surface area contributed by atoms with Crippen molar-refractivity contribution in [2.75, 3.05) is 38.0 Å². The third-order valence-electron chi connectivity index (χ3n) is 7.91. The van der Waals surface area contributed by atoms with Gasteiger partial charge >= 0.3 is 0 Å². The van der Waals surface area contributed by atoms with Crippen molar-refractivity contribution in [2.45, 2.75) is 43.7 Å². The number of anilines is 1. The second-order valence-electron chi connectivity index (χ2n) is 9.61. The van der Waals surface area contributed by atoms with Crippen LogP contribution in [0.5, 0.6) is 0 Å². The first-order valence-corrected chi connectivity index (χ1v) is 11.2. The van der Waals surface area contributed by atoms with Crippen LogP contribution in [0.3, 0.4) is 0 Å². The molecule has 1 spiro atoms. The van der Waals surface area contributed by atoms with Gasteiger partial charge in [-0.1, -0.05) is 24.3 Å². The molecule has 0 unspecified atom stereocenters. The molecule has 2 fully saturated rings. The van der Waals surface area contributed by atoms with Gasteiger partial charge in [0.25, 0.3) is 5.56 Å². The lowest BCUT2D eigenvalue weighted by molar-refractivity contribution is 0.161. The zero-order valence-electron chi connectivity index (χ0n) is 17.8. The minimum atomic E-state index is 0. The van der Waals surface area contributed by atoms with Crippen LogP contribution in [0.1, 0.15) is 42.0 Å². The minimum absolute atomic E-state index is 0. The van der Waals surface area contributed by atoms with Crippen LogP contribution in [0.15, 0.2) is 41.2 Å². The lowest BCUT2D eigenvalue weighted by atomic mass is 9.74. The molecule has 1 aromatic heterocycles. The Morgan fingerprint density at radius 1 is 1.03 bits per heavy atom. The van der Waals surface area contributed by atoms with Gasteiger partial charge in [-0.2, -0.15) is 0 Å². The third kappa shape index (κ3) is 3.80. The average molecular weight is 463 g/mol. The molecule has 0 radical (unpaired) electrons. The van der Waals surface area contributed by atoms with E-state index in [0.29, 0.717) is 11.8 Å². The van der Waals surface area contributed by atoms with E-state index in [4.69, 9.17) is 0 Å². The van der Waals surface area contributed by atoms with E-state index in [9.17, 15) is 4.79 Å². The van der Waals surface area contributed by atoms with Crippen LogP contribution in [-0.4, -0.2) is 42.2 Å². The van der Waals surface area contributed by atoms with E-state index in [0.717, 1.165) is 51.4 Å². The summed E-state index contributed by atoms with van der Waals surface area (Å²) in [5.74, 6) is 1.12. The molecule has 2 bridgehead atoms. The Hall–Kier alpha value is -1.53. The molecule has 31 heavy (non-hydrogen) atoms. The number of para-hydroxylation sites is 1. The van der Waals surface area contributed by atoms with Crippen LogP contribution in [0.4, 0.5) is 5.69 Å². The molecule has 2 saturated heterocycles. The van der Waals surface area contributed by atoms with E-state index in [-0.39, 0.29) is 35.8 Å². The fourth-order valence-corrected chi connectivity index (χ4v) is 6.24. The van der Waals surface area contributed by atoms with Crippen LogP contribution in [0.25, 0.3) is 0 Å². The summed E-state index contributed by atoms with van der Waals surface area (Å²) >= 11 is 0. The van der Waals surface area contributed by atoms with Crippen LogP contribution >= 0.6 is 24.8 Å². The number of aromatic nitrogens is 1. The fraction of sp³-hybridized carbons (Fsp3) is 0.542. The lowest BCUT2D eigenvalue weighted by Gasteiger charge is -2.40. The topological polar surface area (TPSA) is 49.3 Å². The van der Waals surface area contributed by atoms with E-state index >= 15 is 0 Å². The molecule has 2 N–H and O–H groups in total. The van der Waals surface area contributed by atoms with E-state index in [1.165, 1.54) is 36.2 Å². The van der Waals surface area contributed by atoms with Crippen LogP contribution in [0, 0.1) is 5.92 Å². The summed E-state index contributed by atoms with van der Waals surface area (Å²) in [6.07, 6.45) is 3.56. The predicted molar refractivity (Wildman–Crippen MR) is 130 cm³/mol. The first-order chi connectivity index (χ1) is 14.2. The number of hydrogen-bond donors (Lipinski definition) is 2. The van der Waals surface area contributed by atoms with E-state index in [1.807, 2.05) is 0 Å². The highest BCUT2D eigenvalue weighted by Crippen LogP contribution is 2.44. The largest absolute Gasteiger partial charge is 0.384 e. The van der Waals surface area contributed by atoms with Crippen LogP contribution in [0.2, 0.25) is 0 Å². The first kappa shape index (κ1) is 22.7. The first-order valence-electron chi connectivity index (χ1n) is 11.2. The molecule has 0 aliphatic carbocycles. The van der Waals surface area contributed by atoms with E-state index in [2.05, 4.69) is 56.5 Å². The zero-order chi connectivity index (χ0) is 19.4. The smallest absolute Gasteiger partial charge is 0.255 e. The van der Waals surface area contributed by atoms with E-state index < -0.39 is 0 Å². The Labute approximate surface area is 196 Å². The Balaban J connectivity index is 0.00000116. The number of rotatable bonds is 2. The monoisotopic (exact) mass is 462 g/mol. The summed E-state index contributed by atoms with van der Waals surface area (Å²) in [5, 5.41) is 7.14. The van der Waals surface area contributed by atoms with Gasteiger partial charge < -0.3 is 15.2 Å². The van der Waals surface area contributed by atoms with Crippen LogP contribution in [-0.2, 0) is 18.5 Å².